The number of fused-ring (bicyclic) bond motifs is 2. The van der Waals surface area contributed by atoms with Crippen LogP contribution in [0, 0.1) is 23.8 Å². The SMILES string of the molecule is CC(C)Cc1cnc(-c2ccnc(-c3[c-]c4ccccc4c(C(C)(C)C)c3)c2)c2occc12.CCC(CC)C(=O)/C=C(\O)C(CC)CC.[Ir]. The Bertz CT molecular complexity index is 1860. The predicted molar refractivity (Wildman–Crippen MR) is 200 cm³/mol. The normalized spacial score (nSPS) is 12.0. The Morgan fingerprint density at radius 1 is 0.918 bits per heavy atom. The number of carbonyl (C=O) groups excluding carboxylic acids is 1. The second-order valence-electron chi connectivity index (χ2n) is 14.2. The molecule has 263 valence electrons. The molecule has 5 aromatic rings. The first kappa shape index (κ1) is 39.8. The van der Waals surface area contributed by atoms with Gasteiger partial charge in [-0.05, 0) is 61.1 Å². The van der Waals surface area contributed by atoms with Crippen molar-refractivity contribution in [3.8, 4) is 22.5 Å². The minimum Gasteiger partial charge on any atom is -0.512 e. The second-order valence-corrected chi connectivity index (χ2v) is 14.2. The molecule has 0 saturated heterocycles. The van der Waals surface area contributed by atoms with E-state index >= 15 is 0 Å². The fourth-order valence-electron chi connectivity index (χ4n) is 6.32. The van der Waals surface area contributed by atoms with Crippen molar-refractivity contribution in [1.82, 2.24) is 9.97 Å². The fraction of sp³-hybridized carbons (Fsp3) is 0.419. The molecule has 3 aromatic heterocycles. The van der Waals surface area contributed by atoms with E-state index in [0.29, 0.717) is 5.92 Å². The van der Waals surface area contributed by atoms with Gasteiger partial charge in [0.2, 0.25) is 0 Å². The van der Waals surface area contributed by atoms with Gasteiger partial charge < -0.3 is 9.52 Å². The van der Waals surface area contributed by atoms with Gasteiger partial charge in [-0.25, -0.2) is 0 Å². The van der Waals surface area contributed by atoms with Gasteiger partial charge in [0, 0.05) is 67.1 Å². The zero-order chi connectivity index (χ0) is 35.0. The van der Waals surface area contributed by atoms with Crippen LogP contribution in [0.5, 0.6) is 0 Å². The molecule has 0 fully saturated rings. The van der Waals surface area contributed by atoms with Gasteiger partial charge in [0.1, 0.15) is 5.69 Å². The number of aliphatic hydroxyl groups is 1. The van der Waals surface area contributed by atoms with Crippen molar-refractivity contribution in [1.29, 1.82) is 0 Å². The van der Waals surface area contributed by atoms with E-state index in [2.05, 4.69) is 77.1 Å². The smallest absolute Gasteiger partial charge is 0.162 e. The number of aliphatic hydroxyl groups excluding tert-OH is 1. The van der Waals surface area contributed by atoms with E-state index in [1.165, 1.54) is 22.6 Å². The van der Waals surface area contributed by atoms with Crippen LogP contribution in [-0.2, 0) is 36.7 Å². The molecule has 1 N–H and O–H groups in total. The van der Waals surface area contributed by atoms with E-state index in [9.17, 15) is 9.90 Å². The van der Waals surface area contributed by atoms with Gasteiger partial charge in [-0.1, -0.05) is 97.5 Å². The van der Waals surface area contributed by atoms with E-state index in [1.807, 2.05) is 52.2 Å². The monoisotopic (exact) mass is 838 g/mol. The number of hydrogen-bond acceptors (Lipinski definition) is 5. The fourth-order valence-corrected chi connectivity index (χ4v) is 6.32. The molecule has 3 heterocycles. The third-order valence-corrected chi connectivity index (χ3v) is 9.18. The molecule has 2 aromatic carbocycles. The third-order valence-electron chi connectivity index (χ3n) is 9.18. The molecule has 0 unspecified atom stereocenters. The molecule has 0 aliphatic rings. The number of hydrogen-bond donors (Lipinski definition) is 1. The standard InChI is InChI=1S/C30H29N2O.C13H24O2.Ir/c1-19(2)14-23-18-32-28(29-25(23)11-13-33-29)21-10-12-31-27(17-21)22-15-20-8-6-7-9-24(20)26(16-22)30(3,4)5;1-5-10(6-2)12(14)9-13(15)11(7-3)8-4;/h6-13,16-19H,14H2,1-5H3;9-11,14H,5-8H2,1-4H3;/q-1;;/b;12-9-;. The molecular formula is C43H53IrN2O3-. The average Bonchev–Trinajstić information content (AvgIpc) is 3.56. The molecule has 0 spiro atoms. The Balaban J connectivity index is 0.000000347. The summed E-state index contributed by atoms with van der Waals surface area (Å²) in [5.41, 5.74) is 7.09. The van der Waals surface area contributed by atoms with Crippen LogP contribution >= 0.6 is 0 Å². The van der Waals surface area contributed by atoms with Crippen molar-refractivity contribution < 1.29 is 34.4 Å². The van der Waals surface area contributed by atoms with Crippen molar-refractivity contribution in [2.45, 2.75) is 99.8 Å². The third kappa shape index (κ3) is 9.77. The van der Waals surface area contributed by atoms with Crippen LogP contribution in [0.25, 0.3) is 44.3 Å². The Hall–Kier alpha value is -3.60. The molecule has 49 heavy (non-hydrogen) atoms. The van der Waals surface area contributed by atoms with Gasteiger partial charge in [0.15, 0.2) is 11.4 Å². The number of ketones is 1. The van der Waals surface area contributed by atoms with E-state index < -0.39 is 0 Å². The first-order chi connectivity index (χ1) is 22.9. The Kier molecular flexibility index (Phi) is 14.5. The van der Waals surface area contributed by atoms with Crippen molar-refractivity contribution in [2.75, 3.05) is 0 Å². The maximum Gasteiger partial charge on any atom is 0.162 e. The van der Waals surface area contributed by atoms with Crippen molar-refractivity contribution in [2.24, 2.45) is 17.8 Å². The maximum absolute atomic E-state index is 11.7. The summed E-state index contributed by atoms with van der Waals surface area (Å²) in [7, 11) is 0. The summed E-state index contributed by atoms with van der Waals surface area (Å²) in [6.07, 6.45) is 11.5. The van der Waals surface area contributed by atoms with Crippen LogP contribution in [0.1, 0.15) is 99.1 Å². The Morgan fingerprint density at radius 2 is 1.59 bits per heavy atom. The van der Waals surface area contributed by atoms with Gasteiger partial charge in [-0.15, -0.1) is 29.1 Å². The Labute approximate surface area is 307 Å². The summed E-state index contributed by atoms with van der Waals surface area (Å²) in [5, 5.41) is 13.2. The summed E-state index contributed by atoms with van der Waals surface area (Å²) in [4.78, 5) is 21.2. The van der Waals surface area contributed by atoms with Gasteiger partial charge in [0.25, 0.3) is 0 Å². The summed E-state index contributed by atoms with van der Waals surface area (Å²) >= 11 is 0. The second kappa shape index (κ2) is 17.9. The predicted octanol–water partition coefficient (Wildman–Crippen LogP) is 11.9. The number of nitrogens with zero attached hydrogens (tertiary/aromatic N) is 2. The molecule has 5 rings (SSSR count). The topological polar surface area (TPSA) is 76.2 Å². The first-order valence-corrected chi connectivity index (χ1v) is 17.6. The van der Waals surface area contributed by atoms with Crippen LogP contribution in [0.4, 0.5) is 0 Å². The maximum atomic E-state index is 11.7. The van der Waals surface area contributed by atoms with Gasteiger partial charge in [-0.2, -0.15) is 0 Å². The molecule has 0 amide bonds. The molecule has 0 atom stereocenters. The number of carbonyl (C=O) groups is 1. The van der Waals surface area contributed by atoms with E-state index in [0.717, 1.165) is 71.0 Å². The summed E-state index contributed by atoms with van der Waals surface area (Å²) in [6.45, 7) is 19.3. The van der Waals surface area contributed by atoms with Gasteiger partial charge in [0.05, 0.1) is 12.0 Å². The minimum atomic E-state index is 0. The van der Waals surface area contributed by atoms with Gasteiger partial charge >= 0.3 is 0 Å². The minimum absolute atomic E-state index is 0. The number of benzene rings is 2. The molecule has 1 radical (unpaired) electrons. The van der Waals surface area contributed by atoms with Crippen LogP contribution in [0.15, 0.2) is 83.4 Å². The van der Waals surface area contributed by atoms with E-state index in [4.69, 9.17) is 14.4 Å². The summed E-state index contributed by atoms with van der Waals surface area (Å²) < 4.78 is 5.90. The molecule has 0 aliphatic carbocycles. The average molecular weight is 838 g/mol. The number of rotatable bonds is 11. The molecular weight excluding hydrogens is 785 g/mol. The largest absolute Gasteiger partial charge is 0.512 e. The number of allylic oxidation sites excluding steroid dienone is 2. The van der Waals surface area contributed by atoms with Crippen molar-refractivity contribution in [3.05, 3.63) is 96.2 Å². The molecule has 0 aliphatic heterocycles. The van der Waals surface area contributed by atoms with Gasteiger partial charge in [-0.3, -0.25) is 14.8 Å². The zero-order valence-electron chi connectivity index (χ0n) is 30.7. The zero-order valence-corrected chi connectivity index (χ0v) is 33.1. The first-order valence-electron chi connectivity index (χ1n) is 17.6. The van der Waals surface area contributed by atoms with Crippen LogP contribution in [0.3, 0.4) is 0 Å². The van der Waals surface area contributed by atoms with Crippen LogP contribution < -0.4 is 0 Å². The van der Waals surface area contributed by atoms with Crippen molar-refractivity contribution >= 4 is 27.5 Å². The number of pyridine rings is 2. The molecule has 6 heteroatoms. The number of aromatic nitrogens is 2. The molecule has 0 saturated carbocycles. The van der Waals surface area contributed by atoms with E-state index in [-0.39, 0.29) is 48.9 Å². The quantitative estimate of drug-likeness (QED) is 0.0815. The van der Waals surface area contributed by atoms with Crippen molar-refractivity contribution in [3.63, 3.8) is 0 Å². The Morgan fingerprint density at radius 3 is 2.22 bits per heavy atom. The summed E-state index contributed by atoms with van der Waals surface area (Å²) in [5.74, 6) is 1.11. The van der Waals surface area contributed by atoms with Crippen LogP contribution in [0.2, 0.25) is 0 Å². The van der Waals surface area contributed by atoms with E-state index in [1.54, 1.807) is 6.26 Å². The number of furan rings is 1. The van der Waals surface area contributed by atoms with Crippen LogP contribution in [-0.4, -0.2) is 20.9 Å². The molecule has 5 nitrogen and oxygen atoms in total. The molecule has 0 bridgehead atoms. The summed E-state index contributed by atoms with van der Waals surface area (Å²) in [6, 6.07) is 20.4.